The van der Waals surface area contributed by atoms with Crippen LogP contribution in [-0.2, 0) is 9.53 Å². The van der Waals surface area contributed by atoms with Gasteiger partial charge in [0.15, 0.2) is 17.5 Å². The van der Waals surface area contributed by atoms with Gasteiger partial charge in [-0.1, -0.05) is 18.2 Å². The zero-order chi connectivity index (χ0) is 17.1. The maximum atomic E-state index is 12.8. The molecule has 1 fully saturated rings. The highest BCUT2D eigenvalue weighted by atomic mass is 16.5. The molecule has 0 saturated carbocycles. The maximum absolute atomic E-state index is 12.8. The molecule has 2 heterocycles. The van der Waals surface area contributed by atoms with Crippen LogP contribution in [0.5, 0.6) is 5.75 Å². The zero-order valence-electron chi connectivity index (χ0n) is 13.1. The van der Waals surface area contributed by atoms with E-state index >= 15 is 0 Å². The maximum Gasteiger partial charge on any atom is 0.328 e. The molecule has 1 aromatic heterocycles. The Hall–Kier alpha value is -2.87. The third-order valence-corrected chi connectivity index (χ3v) is 3.80. The Morgan fingerprint density at radius 1 is 1.33 bits per heavy atom. The number of ether oxygens (including phenoxy) is 2. The van der Waals surface area contributed by atoms with E-state index in [2.05, 4.69) is 5.10 Å². The van der Waals surface area contributed by atoms with Gasteiger partial charge in [0.2, 0.25) is 0 Å². The molecule has 0 aliphatic carbocycles. The number of carbonyl (C=O) groups excluding carboxylic acids is 1. The van der Waals surface area contributed by atoms with Crippen molar-refractivity contribution in [2.75, 3.05) is 26.9 Å². The highest BCUT2D eigenvalue weighted by Gasteiger charge is 2.35. The van der Waals surface area contributed by atoms with Gasteiger partial charge in [0.1, 0.15) is 0 Å². The summed E-state index contributed by atoms with van der Waals surface area (Å²) in [6, 6.07) is 8.24. The number of benzene rings is 1. The fourth-order valence-electron chi connectivity index (χ4n) is 2.56. The van der Waals surface area contributed by atoms with Gasteiger partial charge < -0.3 is 19.5 Å². The number of hydrogen-bond donors (Lipinski definition) is 1. The first-order valence-electron chi connectivity index (χ1n) is 7.42. The Morgan fingerprint density at radius 3 is 2.75 bits per heavy atom. The number of carboxylic acid groups (broad SMARTS) is 1. The van der Waals surface area contributed by atoms with Gasteiger partial charge in [0, 0.05) is 6.54 Å². The first-order valence-corrected chi connectivity index (χ1v) is 7.42. The number of rotatable bonds is 4. The number of para-hydroxylation sites is 1. The monoisotopic (exact) mass is 331 g/mol. The molecule has 1 aromatic carbocycles. The van der Waals surface area contributed by atoms with Gasteiger partial charge in [-0.15, -0.1) is 0 Å². The molecule has 0 bridgehead atoms. The van der Waals surface area contributed by atoms with Crippen molar-refractivity contribution in [3.63, 3.8) is 0 Å². The Labute approximate surface area is 138 Å². The van der Waals surface area contributed by atoms with Gasteiger partial charge >= 0.3 is 5.97 Å². The molecule has 1 unspecified atom stereocenters. The first-order chi connectivity index (χ1) is 11.6. The second kappa shape index (κ2) is 6.71. The Kier molecular flexibility index (Phi) is 4.48. The van der Waals surface area contributed by atoms with E-state index in [-0.39, 0.29) is 25.5 Å². The zero-order valence-corrected chi connectivity index (χ0v) is 13.1. The highest BCUT2D eigenvalue weighted by Crippen LogP contribution is 2.22. The summed E-state index contributed by atoms with van der Waals surface area (Å²) in [6.07, 6.45) is 1.60. The smallest absolute Gasteiger partial charge is 0.328 e. The number of morpholine rings is 1. The fraction of sp³-hybridized carbons (Fsp3) is 0.312. The van der Waals surface area contributed by atoms with Crippen LogP contribution in [0.4, 0.5) is 0 Å². The number of nitrogens with zero attached hydrogens (tertiary/aromatic N) is 3. The summed E-state index contributed by atoms with van der Waals surface area (Å²) >= 11 is 0. The Balaban J connectivity index is 1.94. The van der Waals surface area contributed by atoms with Crippen LogP contribution in [0, 0.1) is 0 Å². The number of aromatic nitrogens is 2. The molecule has 1 amide bonds. The van der Waals surface area contributed by atoms with Gasteiger partial charge in [-0.3, -0.25) is 4.79 Å². The molecule has 24 heavy (non-hydrogen) atoms. The van der Waals surface area contributed by atoms with Crippen molar-refractivity contribution in [2.45, 2.75) is 6.04 Å². The number of hydrogen-bond acceptors (Lipinski definition) is 5. The average molecular weight is 331 g/mol. The van der Waals surface area contributed by atoms with Crippen LogP contribution in [0.3, 0.4) is 0 Å². The molecule has 3 rings (SSSR count). The van der Waals surface area contributed by atoms with Crippen molar-refractivity contribution in [3.05, 3.63) is 42.2 Å². The lowest BCUT2D eigenvalue weighted by Crippen LogP contribution is -2.52. The van der Waals surface area contributed by atoms with Crippen molar-refractivity contribution >= 4 is 11.9 Å². The van der Waals surface area contributed by atoms with E-state index in [0.717, 1.165) is 5.69 Å². The summed E-state index contributed by atoms with van der Waals surface area (Å²) in [5, 5.41) is 13.6. The molecule has 0 radical (unpaired) electrons. The van der Waals surface area contributed by atoms with Crippen LogP contribution in [-0.4, -0.2) is 64.6 Å². The molecule has 1 N–H and O–H groups in total. The largest absolute Gasteiger partial charge is 0.493 e. The van der Waals surface area contributed by atoms with Crippen LogP contribution in [0.15, 0.2) is 36.5 Å². The van der Waals surface area contributed by atoms with E-state index in [1.54, 1.807) is 6.20 Å². The Morgan fingerprint density at radius 2 is 2.08 bits per heavy atom. The van der Waals surface area contributed by atoms with Gasteiger partial charge in [-0.25, -0.2) is 9.48 Å². The second-order valence-corrected chi connectivity index (χ2v) is 5.25. The number of methoxy groups -OCH3 is 1. The van der Waals surface area contributed by atoms with Gasteiger partial charge in [-0.2, -0.15) is 5.10 Å². The minimum Gasteiger partial charge on any atom is -0.493 e. The van der Waals surface area contributed by atoms with Gasteiger partial charge in [-0.05, 0) is 12.1 Å². The summed E-state index contributed by atoms with van der Waals surface area (Å²) in [5.41, 5.74) is 0.848. The van der Waals surface area contributed by atoms with Crippen molar-refractivity contribution in [3.8, 4) is 11.4 Å². The molecule has 1 atom stereocenters. The predicted octanol–water partition coefficient (Wildman–Crippen LogP) is 0.807. The first kappa shape index (κ1) is 16.0. The van der Waals surface area contributed by atoms with Crippen LogP contribution in [0.1, 0.15) is 10.5 Å². The third kappa shape index (κ3) is 2.95. The predicted molar refractivity (Wildman–Crippen MR) is 83.4 cm³/mol. The lowest BCUT2D eigenvalue weighted by molar-refractivity contribution is -0.147. The van der Waals surface area contributed by atoms with E-state index in [1.807, 2.05) is 30.3 Å². The van der Waals surface area contributed by atoms with Gasteiger partial charge in [0.25, 0.3) is 5.91 Å². The molecule has 1 saturated heterocycles. The number of carboxylic acids is 1. The highest BCUT2D eigenvalue weighted by molar-refractivity contribution is 5.97. The van der Waals surface area contributed by atoms with Crippen molar-refractivity contribution in [1.82, 2.24) is 14.7 Å². The molecule has 8 nitrogen and oxygen atoms in total. The molecule has 0 spiro atoms. The van der Waals surface area contributed by atoms with Gasteiger partial charge in [0.05, 0.1) is 32.2 Å². The Bertz CT molecular complexity index is 743. The molecule has 8 heteroatoms. The van der Waals surface area contributed by atoms with Crippen LogP contribution < -0.4 is 4.74 Å². The molecule has 126 valence electrons. The summed E-state index contributed by atoms with van der Waals surface area (Å²) in [6.45, 7) is 0.442. The lowest BCUT2D eigenvalue weighted by Gasteiger charge is -2.32. The molecule has 1 aliphatic heterocycles. The minimum atomic E-state index is -1.11. The number of amides is 1. The van der Waals surface area contributed by atoms with Crippen molar-refractivity contribution in [1.29, 1.82) is 0 Å². The quantitative estimate of drug-likeness (QED) is 0.891. The standard InChI is InChI=1S/C16H17N3O5/c1-23-13-9-19(11-5-3-2-4-6-11)17-14(13)15(20)18-7-8-24-10-12(18)16(21)22/h2-6,9,12H,7-8,10H2,1H3,(H,21,22). The molecule has 2 aromatic rings. The number of carbonyl (C=O) groups is 2. The topological polar surface area (TPSA) is 93.9 Å². The summed E-state index contributed by atoms with van der Waals surface area (Å²) < 4.78 is 11.9. The van der Waals surface area contributed by atoms with E-state index in [0.29, 0.717) is 5.75 Å². The van der Waals surface area contributed by atoms with Crippen LogP contribution >= 0.6 is 0 Å². The second-order valence-electron chi connectivity index (χ2n) is 5.25. The van der Waals surface area contributed by atoms with E-state index in [9.17, 15) is 14.7 Å². The number of aliphatic carboxylic acids is 1. The summed E-state index contributed by atoms with van der Waals surface area (Å²) in [4.78, 5) is 25.4. The van der Waals surface area contributed by atoms with E-state index in [1.165, 1.54) is 16.7 Å². The fourth-order valence-corrected chi connectivity index (χ4v) is 2.56. The minimum absolute atomic E-state index is 0.0389. The van der Waals surface area contributed by atoms with E-state index < -0.39 is 17.9 Å². The SMILES string of the molecule is COc1cn(-c2ccccc2)nc1C(=O)N1CCOCC1C(=O)O. The van der Waals surface area contributed by atoms with Crippen molar-refractivity contribution in [2.24, 2.45) is 0 Å². The normalized spacial score (nSPS) is 17.5. The molecular formula is C16H17N3O5. The summed E-state index contributed by atoms with van der Waals surface area (Å²) in [5.74, 6) is -1.30. The van der Waals surface area contributed by atoms with Crippen LogP contribution in [0.2, 0.25) is 0 Å². The van der Waals surface area contributed by atoms with E-state index in [4.69, 9.17) is 9.47 Å². The van der Waals surface area contributed by atoms with Crippen LogP contribution in [0.25, 0.3) is 5.69 Å². The average Bonchev–Trinajstić information content (AvgIpc) is 3.06. The lowest BCUT2D eigenvalue weighted by atomic mass is 10.2. The molecular weight excluding hydrogens is 314 g/mol. The summed E-state index contributed by atoms with van der Waals surface area (Å²) in [7, 11) is 1.44. The third-order valence-electron chi connectivity index (χ3n) is 3.80. The van der Waals surface area contributed by atoms with Crippen molar-refractivity contribution < 1.29 is 24.2 Å². The molecule has 1 aliphatic rings.